The van der Waals surface area contributed by atoms with Crippen molar-refractivity contribution in [3.63, 3.8) is 0 Å². The van der Waals surface area contributed by atoms with E-state index in [1.807, 2.05) is 12.2 Å². The van der Waals surface area contributed by atoms with E-state index in [0.29, 0.717) is 0 Å². The van der Waals surface area contributed by atoms with E-state index in [-0.39, 0.29) is 17.5 Å². The Morgan fingerprint density at radius 2 is 1.34 bits per heavy atom. The molecule has 1 aromatic rings. The SMILES string of the molecule is CCCCCC=CC=C[C@H](O)CC=CC=CC(=O)O[C@@H]1[C@@H](O)[C@@H](c2c(O)cc(O)cc2CO)O[C@H](CO)[C@H]1O[C@H]1O[C@@H](CO)[C@H](O)[C@@H](O)[C@@H]1O[C@@H]1O[C@@H](CO)[C@H](O)[C@H](O)[C@@H]1O. The molecule has 3 fully saturated rings. The molecule has 0 aliphatic carbocycles. The second kappa shape index (κ2) is 24.5. The van der Waals surface area contributed by atoms with Crippen molar-refractivity contribution in [3.8, 4) is 11.5 Å². The van der Waals surface area contributed by atoms with Gasteiger partial charge in [-0.1, -0.05) is 62.3 Å². The van der Waals surface area contributed by atoms with Gasteiger partial charge in [0.1, 0.15) is 84.7 Å². The lowest BCUT2D eigenvalue weighted by Crippen LogP contribution is -2.66. The molecule has 16 atom stereocenters. The van der Waals surface area contributed by atoms with Crippen molar-refractivity contribution in [1.29, 1.82) is 0 Å². The van der Waals surface area contributed by atoms with Gasteiger partial charge in [0, 0.05) is 17.7 Å². The van der Waals surface area contributed by atoms with Crippen molar-refractivity contribution in [3.05, 3.63) is 71.9 Å². The predicted molar refractivity (Wildman–Crippen MR) is 209 cm³/mol. The van der Waals surface area contributed by atoms with Crippen LogP contribution in [0.2, 0.25) is 0 Å². The maximum atomic E-state index is 13.3. The molecule has 3 saturated heterocycles. The zero-order valence-electron chi connectivity index (χ0n) is 33.5. The Hall–Kier alpha value is -3.39. The number of ether oxygens (including phenoxy) is 6. The van der Waals surface area contributed by atoms with Crippen molar-refractivity contribution < 1.29 is 99.6 Å². The number of carbonyl (C=O) groups is 1. The van der Waals surface area contributed by atoms with Gasteiger partial charge in [0.15, 0.2) is 18.7 Å². The highest BCUT2D eigenvalue weighted by molar-refractivity contribution is 5.82. The zero-order valence-corrected chi connectivity index (χ0v) is 33.5. The van der Waals surface area contributed by atoms with Gasteiger partial charge in [-0.15, -0.1) is 0 Å². The molecule has 3 aliphatic rings. The number of allylic oxidation sites excluding steroid dienone is 5. The first-order valence-electron chi connectivity index (χ1n) is 20.1. The van der Waals surface area contributed by atoms with Crippen LogP contribution in [0.4, 0.5) is 0 Å². The summed E-state index contributed by atoms with van der Waals surface area (Å²) in [7, 11) is 0. The van der Waals surface area contributed by atoms with Crippen molar-refractivity contribution in [2.24, 2.45) is 0 Å². The first-order valence-corrected chi connectivity index (χ1v) is 20.1. The van der Waals surface area contributed by atoms with E-state index in [9.17, 15) is 71.2 Å². The number of phenolic OH excluding ortho intramolecular Hbond substituents is 2. The van der Waals surface area contributed by atoms with Gasteiger partial charge in [0.2, 0.25) is 0 Å². The van der Waals surface area contributed by atoms with E-state index in [2.05, 4.69) is 6.92 Å². The summed E-state index contributed by atoms with van der Waals surface area (Å²) in [6.07, 6.45) is -11.2. The van der Waals surface area contributed by atoms with Gasteiger partial charge >= 0.3 is 5.97 Å². The number of esters is 1. The van der Waals surface area contributed by atoms with Crippen molar-refractivity contribution in [2.75, 3.05) is 19.8 Å². The molecule has 0 unspecified atom stereocenters. The lowest BCUT2D eigenvalue weighted by atomic mass is 9.88. The molecular weight excluding hydrogens is 812 g/mol. The van der Waals surface area contributed by atoms with E-state index in [1.54, 1.807) is 18.2 Å². The quantitative estimate of drug-likeness (QED) is 0.0288. The molecule has 0 saturated carbocycles. The Kier molecular flexibility index (Phi) is 20.1. The molecule has 3 heterocycles. The highest BCUT2D eigenvalue weighted by atomic mass is 16.8. The Labute approximate surface area is 352 Å². The number of hydrogen-bond acceptors (Lipinski definition) is 20. The molecule has 0 aromatic heterocycles. The summed E-state index contributed by atoms with van der Waals surface area (Å²) in [6, 6.07) is 1.97. The van der Waals surface area contributed by atoms with Gasteiger partial charge in [-0.2, -0.15) is 0 Å². The Morgan fingerprint density at radius 1 is 0.705 bits per heavy atom. The number of hydrogen-bond donors (Lipinski definition) is 13. The minimum atomic E-state index is -2.02. The number of rotatable bonds is 20. The fraction of sp³-hybridized carbons (Fsp3) is 0.634. The molecule has 4 rings (SSSR count). The lowest BCUT2D eigenvalue weighted by molar-refractivity contribution is -0.383. The zero-order chi connectivity index (χ0) is 44.8. The average Bonchev–Trinajstić information content (AvgIpc) is 3.24. The van der Waals surface area contributed by atoms with Crippen LogP contribution in [0.25, 0.3) is 0 Å². The van der Waals surface area contributed by atoms with Crippen LogP contribution in [0.15, 0.2) is 60.7 Å². The van der Waals surface area contributed by atoms with Crippen LogP contribution in [0.3, 0.4) is 0 Å². The third-order valence-corrected chi connectivity index (χ3v) is 10.4. The lowest BCUT2D eigenvalue weighted by Gasteiger charge is -2.49. The highest BCUT2D eigenvalue weighted by Crippen LogP contribution is 2.43. The molecule has 61 heavy (non-hydrogen) atoms. The fourth-order valence-electron chi connectivity index (χ4n) is 7.11. The first-order chi connectivity index (χ1) is 29.2. The third kappa shape index (κ3) is 13.1. The maximum absolute atomic E-state index is 13.3. The third-order valence-electron chi connectivity index (χ3n) is 10.4. The number of aliphatic hydroxyl groups excluding tert-OH is 11. The van der Waals surface area contributed by atoms with Crippen molar-refractivity contribution >= 4 is 5.97 Å². The number of aliphatic hydroxyl groups is 11. The van der Waals surface area contributed by atoms with Crippen molar-refractivity contribution in [1.82, 2.24) is 0 Å². The molecule has 20 heteroatoms. The van der Waals surface area contributed by atoms with E-state index in [1.165, 1.54) is 12.2 Å². The normalized spacial score (nSPS) is 35.4. The summed E-state index contributed by atoms with van der Waals surface area (Å²) >= 11 is 0. The van der Waals surface area contributed by atoms with E-state index in [4.69, 9.17) is 28.4 Å². The van der Waals surface area contributed by atoms with Gasteiger partial charge < -0.3 is 94.8 Å². The number of phenols is 2. The van der Waals surface area contributed by atoms with E-state index >= 15 is 0 Å². The number of benzene rings is 1. The fourth-order valence-corrected chi connectivity index (χ4v) is 7.11. The maximum Gasteiger partial charge on any atom is 0.331 e. The second-order valence-corrected chi connectivity index (χ2v) is 14.9. The van der Waals surface area contributed by atoms with Crippen LogP contribution in [-0.2, 0) is 39.8 Å². The van der Waals surface area contributed by atoms with Crippen LogP contribution in [0, 0.1) is 0 Å². The Morgan fingerprint density at radius 3 is 2.00 bits per heavy atom. The van der Waals surface area contributed by atoms with E-state index in [0.717, 1.165) is 43.9 Å². The number of unbranched alkanes of at least 4 members (excludes halogenated alkanes) is 3. The molecular formula is C41H60O20. The number of carbonyl (C=O) groups excluding carboxylic acids is 1. The summed E-state index contributed by atoms with van der Waals surface area (Å²) < 4.78 is 34.6. The molecule has 1 aromatic carbocycles. The van der Waals surface area contributed by atoms with Crippen LogP contribution >= 0.6 is 0 Å². The molecule has 20 nitrogen and oxygen atoms in total. The smallest absolute Gasteiger partial charge is 0.331 e. The molecule has 13 N–H and O–H groups in total. The first kappa shape index (κ1) is 50.3. The van der Waals surface area contributed by atoms with Crippen molar-refractivity contribution in [2.45, 2.75) is 144 Å². The molecule has 0 amide bonds. The van der Waals surface area contributed by atoms with Gasteiger partial charge in [0.25, 0.3) is 0 Å². The minimum Gasteiger partial charge on any atom is -0.508 e. The molecule has 344 valence electrons. The topological polar surface area (TPSA) is 335 Å². The highest BCUT2D eigenvalue weighted by Gasteiger charge is 2.55. The Balaban J connectivity index is 1.62. The van der Waals surface area contributed by atoms with Gasteiger partial charge in [0.05, 0.1) is 32.5 Å². The van der Waals surface area contributed by atoms with Gasteiger partial charge in [-0.25, -0.2) is 4.79 Å². The predicted octanol–water partition coefficient (Wildman–Crippen LogP) is -2.14. The van der Waals surface area contributed by atoms with Crippen LogP contribution in [-0.4, -0.2) is 184 Å². The minimum absolute atomic E-state index is 0.112. The molecule has 3 aliphatic heterocycles. The summed E-state index contributed by atoms with van der Waals surface area (Å²) in [5, 5.41) is 136. The Bertz CT molecular complexity index is 1620. The molecule has 0 spiro atoms. The molecule has 0 bridgehead atoms. The molecule has 0 radical (unpaired) electrons. The van der Waals surface area contributed by atoms with Gasteiger partial charge in [-0.05, 0) is 30.9 Å². The van der Waals surface area contributed by atoms with E-state index < -0.39 is 142 Å². The average molecular weight is 873 g/mol. The standard InChI is InChI=1S/C41H60O20/c1-2-3-4-5-6-7-9-12-22(46)13-10-8-11-14-28(49)59-38-35(55)37(29-21(17-42)15-23(47)16-24(29)48)56-27(20-45)36(38)60-41-39(33(53)31(51)26(19-44)58-41)61-40-34(54)32(52)30(50)25(18-43)57-40/h6-12,14-16,22,25-27,30-48,50-55H,2-5,13,17-20H2,1H3/t22-,25-,26-,27+,30-,31-,32-,33+,34-,35-,36+,37+,38+,39-,40-,41+/m0/s1. The summed E-state index contributed by atoms with van der Waals surface area (Å²) in [5.74, 6) is -2.19. The van der Waals surface area contributed by atoms with Crippen LogP contribution in [0.1, 0.15) is 56.3 Å². The van der Waals surface area contributed by atoms with Crippen LogP contribution < -0.4 is 0 Å². The summed E-state index contributed by atoms with van der Waals surface area (Å²) in [5.41, 5.74) is -0.361. The van der Waals surface area contributed by atoms with Crippen LogP contribution in [0.5, 0.6) is 11.5 Å². The van der Waals surface area contributed by atoms with Gasteiger partial charge in [-0.3, -0.25) is 0 Å². The second-order valence-electron chi connectivity index (χ2n) is 14.9. The monoisotopic (exact) mass is 872 g/mol. The summed E-state index contributed by atoms with van der Waals surface area (Å²) in [4.78, 5) is 13.3. The summed E-state index contributed by atoms with van der Waals surface area (Å²) in [6.45, 7) is -1.34. The largest absolute Gasteiger partial charge is 0.508 e. The number of aromatic hydroxyl groups is 2.